The lowest BCUT2D eigenvalue weighted by Gasteiger charge is -2.05. The normalized spacial score (nSPS) is 10.6. The number of hydrogen-bond donors (Lipinski definition) is 2. The van der Waals surface area contributed by atoms with Gasteiger partial charge in [0.1, 0.15) is 17.4 Å². The molecule has 2 aromatic carbocycles. The minimum Gasteiger partial charge on any atom is -0.484 e. The fourth-order valence-corrected chi connectivity index (χ4v) is 2.22. The van der Waals surface area contributed by atoms with Crippen molar-refractivity contribution < 1.29 is 14.3 Å². The van der Waals surface area contributed by atoms with E-state index in [1.807, 2.05) is 18.2 Å². The first kappa shape index (κ1) is 18.5. The Morgan fingerprint density at radius 2 is 1.80 bits per heavy atom. The topological polar surface area (TPSA) is 105 Å². The van der Waals surface area contributed by atoms with E-state index in [0.717, 1.165) is 3.57 Å². The molecular weight excluding hydrogens is 433 g/mol. The lowest BCUT2D eigenvalue weighted by molar-refractivity contribution is -0.120. The number of nitrogens with two attached hydrogens (primary N) is 1. The van der Waals surface area contributed by atoms with Gasteiger partial charge in [-0.3, -0.25) is 9.59 Å². The number of hydrogen-bond acceptors (Lipinski definition) is 4. The molecule has 0 saturated heterocycles. The van der Waals surface area contributed by atoms with Gasteiger partial charge in [0.15, 0.2) is 6.61 Å². The van der Waals surface area contributed by atoms with Crippen LogP contribution in [0.3, 0.4) is 0 Å². The quantitative estimate of drug-likeness (QED) is 0.404. The van der Waals surface area contributed by atoms with Gasteiger partial charge in [-0.25, -0.2) is 0 Å². The van der Waals surface area contributed by atoms with E-state index >= 15 is 0 Å². The van der Waals surface area contributed by atoms with Crippen LogP contribution >= 0.6 is 22.6 Å². The number of primary amides is 1. The highest BCUT2D eigenvalue weighted by atomic mass is 127. The van der Waals surface area contributed by atoms with Gasteiger partial charge >= 0.3 is 0 Å². The van der Waals surface area contributed by atoms with Crippen LogP contribution in [0.5, 0.6) is 5.75 Å². The Bertz CT molecular complexity index is 837. The van der Waals surface area contributed by atoms with Gasteiger partial charge in [0, 0.05) is 9.26 Å². The third-order valence-electron chi connectivity index (χ3n) is 3.04. The third-order valence-corrected chi connectivity index (χ3v) is 3.76. The molecule has 0 heterocycles. The molecule has 2 rings (SSSR count). The summed E-state index contributed by atoms with van der Waals surface area (Å²) in [5.74, 6) is -0.585. The number of ether oxygens (including phenoxy) is 1. The molecule has 0 unspecified atom stereocenters. The van der Waals surface area contributed by atoms with Crippen molar-refractivity contribution in [1.29, 1.82) is 5.26 Å². The molecule has 6 nitrogen and oxygen atoms in total. The molecule has 0 atom stereocenters. The number of anilines is 1. The van der Waals surface area contributed by atoms with Gasteiger partial charge in [-0.2, -0.15) is 5.26 Å². The van der Waals surface area contributed by atoms with E-state index in [1.54, 1.807) is 36.4 Å². The molecule has 0 aromatic heterocycles. The molecule has 25 heavy (non-hydrogen) atoms. The first-order chi connectivity index (χ1) is 12.0. The molecule has 0 spiro atoms. The second kappa shape index (κ2) is 8.84. The second-order valence-corrected chi connectivity index (χ2v) is 6.20. The smallest absolute Gasteiger partial charge is 0.266 e. The van der Waals surface area contributed by atoms with Crippen molar-refractivity contribution in [2.24, 2.45) is 5.73 Å². The lowest BCUT2D eigenvalue weighted by Crippen LogP contribution is -2.19. The maximum Gasteiger partial charge on any atom is 0.266 e. The van der Waals surface area contributed by atoms with Crippen LogP contribution in [0.25, 0.3) is 6.08 Å². The average Bonchev–Trinajstić information content (AvgIpc) is 2.60. The minimum absolute atomic E-state index is 0.0237. The highest BCUT2D eigenvalue weighted by Gasteiger charge is 2.09. The minimum atomic E-state index is -0.567. The zero-order valence-corrected chi connectivity index (χ0v) is 15.2. The van der Waals surface area contributed by atoms with E-state index in [1.165, 1.54) is 6.08 Å². The van der Waals surface area contributed by atoms with E-state index in [9.17, 15) is 14.9 Å². The maximum absolute atomic E-state index is 12.2. The van der Waals surface area contributed by atoms with Crippen molar-refractivity contribution in [2.45, 2.75) is 0 Å². The van der Waals surface area contributed by atoms with E-state index in [2.05, 4.69) is 27.9 Å². The first-order valence-corrected chi connectivity index (χ1v) is 8.25. The molecule has 0 saturated carbocycles. The van der Waals surface area contributed by atoms with E-state index in [-0.39, 0.29) is 12.2 Å². The van der Waals surface area contributed by atoms with E-state index in [0.29, 0.717) is 17.0 Å². The summed E-state index contributed by atoms with van der Waals surface area (Å²) in [6, 6.07) is 15.7. The number of carbonyl (C=O) groups excluding carboxylic acids is 2. The number of benzene rings is 2. The molecule has 0 fully saturated rings. The Kier molecular flexibility index (Phi) is 6.54. The predicted octanol–water partition coefficient (Wildman–Crippen LogP) is 2.70. The van der Waals surface area contributed by atoms with Gasteiger partial charge in [-0.15, -0.1) is 0 Å². The van der Waals surface area contributed by atoms with Crippen molar-refractivity contribution in [1.82, 2.24) is 0 Å². The molecular formula is C18H14IN3O3. The van der Waals surface area contributed by atoms with Gasteiger partial charge in [0.2, 0.25) is 0 Å². The molecule has 0 bridgehead atoms. The molecule has 7 heteroatoms. The summed E-state index contributed by atoms with van der Waals surface area (Å²) in [5.41, 5.74) is 6.25. The standard InChI is InChI=1S/C18H14IN3O3/c19-14-3-5-15(6-4-14)22-18(24)13(10-20)9-12-1-7-16(8-2-12)25-11-17(21)23/h1-9H,11H2,(H2,21,23)(H,22,24)/b13-9-. The van der Waals surface area contributed by atoms with Crippen LogP contribution in [0, 0.1) is 14.9 Å². The Labute approximate surface area is 158 Å². The summed E-state index contributed by atoms with van der Waals surface area (Å²) in [5, 5.41) is 11.9. The fourth-order valence-electron chi connectivity index (χ4n) is 1.86. The molecule has 0 radical (unpaired) electrons. The monoisotopic (exact) mass is 447 g/mol. The van der Waals surface area contributed by atoms with Crippen molar-refractivity contribution in [2.75, 3.05) is 11.9 Å². The van der Waals surface area contributed by atoms with Crippen molar-refractivity contribution >= 4 is 46.2 Å². The predicted molar refractivity (Wildman–Crippen MR) is 103 cm³/mol. The number of nitriles is 1. The summed E-state index contributed by atoms with van der Waals surface area (Å²) < 4.78 is 6.20. The first-order valence-electron chi connectivity index (χ1n) is 7.18. The highest BCUT2D eigenvalue weighted by molar-refractivity contribution is 14.1. The van der Waals surface area contributed by atoms with Crippen LogP contribution in [0.4, 0.5) is 5.69 Å². The van der Waals surface area contributed by atoms with Gasteiger partial charge in [0.05, 0.1) is 0 Å². The van der Waals surface area contributed by atoms with Gasteiger partial charge in [-0.1, -0.05) is 12.1 Å². The lowest BCUT2D eigenvalue weighted by atomic mass is 10.1. The fraction of sp³-hybridized carbons (Fsp3) is 0.0556. The Hall–Kier alpha value is -2.86. The summed E-state index contributed by atoms with van der Waals surface area (Å²) in [6.07, 6.45) is 1.47. The van der Waals surface area contributed by atoms with E-state index in [4.69, 9.17) is 10.5 Å². The van der Waals surface area contributed by atoms with Crippen LogP contribution in [0.1, 0.15) is 5.56 Å². The van der Waals surface area contributed by atoms with Gasteiger partial charge in [-0.05, 0) is 70.6 Å². The Balaban J connectivity index is 2.08. The average molecular weight is 447 g/mol. The number of carbonyl (C=O) groups is 2. The SMILES string of the molecule is N#C/C(=C/c1ccc(OCC(N)=O)cc1)C(=O)Nc1ccc(I)cc1. The largest absolute Gasteiger partial charge is 0.484 e. The summed E-state index contributed by atoms with van der Waals surface area (Å²) in [4.78, 5) is 22.9. The Morgan fingerprint density at radius 1 is 1.16 bits per heavy atom. The number of nitrogens with one attached hydrogen (secondary N) is 1. The third kappa shape index (κ3) is 5.93. The van der Waals surface area contributed by atoms with Crippen LogP contribution in [0.2, 0.25) is 0 Å². The number of rotatable bonds is 6. The summed E-state index contributed by atoms with van der Waals surface area (Å²) in [6.45, 7) is -0.211. The molecule has 0 aliphatic heterocycles. The van der Waals surface area contributed by atoms with Crippen molar-refractivity contribution in [3.63, 3.8) is 0 Å². The van der Waals surface area contributed by atoms with Crippen LogP contribution < -0.4 is 15.8 Å². The summed E-state index contributed by atoms with van der Waals surface area (Å²) >= 11 is 2.17. The number of amides is 2. The number of nitrogens with zero attached hydrogens (tertiary/aromatic N) is 1. The molecule has 0 aliphatic rings. The maximum atomic E-state index is 12.2. The van der Waals surface area contributed by atoms with Gasteiger partial charge in [0.25, 0.3) is 11.8 Å². The molecule has 126 valence electrons. The Morgan fingerprint density at radius 3 is 2.36 bits per heavy atom. The summed E-state index contributed by atoms with van der Waals surface area (Å²) in [7, 11) is 0. The van der Waals surface area contributed by atoms with Crippen molar-refractivity contribution in [3.8, 4) is 11.8 Å². The van der Waals surface area contributed by atoms with Crippen LogP contribution in [-0.2, 0) is 9.59 Å². The zero-order chi connectivity index (χ0) is 18.2. The molecule has 0 aliphatic carbocycles. The molecule has 3 N–H and O–H groups in total. The molecule has 2 aromatic rings. The molecule has 2 amide bonds. The van der Waals surface area contributed by atoms with Crippen LogP contribution in [0.15, 0.2) is 54.1 Å². The van der Waals surface area contributed by atoms with Crippen molar-refractivity contribution in [3.05, 3.63) is 63.2 Å². The van der Waals surface area contributed by atoms with E-state index < -0.39 is 11.8 Å². The zero-order valence-electron chi connectivity index (χ0n) is 13.0. The second-order valence-electron chi connectivity index (χ2n) is 4.95. The van der Waals surface area contributed by atoms with Crippen LogP contribution in [-0.4, -0.2) is 18.4 Å². The van der Waals surface area contributed by atoms with Gasteiger partial charge < -0.3 is 15.8 Å². The number of halogens is 1. The highest BCUT2D eigenvalue weighted by Crippen LogP contribution is 2.16.